The number of rotatable bonds is 7. The standard InChI is InChI=1S/C27H25N5O3S/c1-36(34,35)17-25-14-21(9-10-28-25)26(33)31-23-8-4-7-20(11-23)22-15-29-27(30-16-22)32-24-12-18-5-2-3-6-19(18)13-24/h2-11,14-16,24H,12-13,17H2,1H3,(H,31,33)(H,29,30,32). The summed E-state index contributed by atoms with van der Waals surface area (Å²) in [5.41, 5.74) is 5.68. The highest BCUT2D eigenvalue weighted by Crippen LogP contribution is 2.25. The van der Waals surface area contributed by atoms with E-state index in [1.54, 1.807) is 24.5 Å². The molecule has 2 N–H and O–H groups in total. The van der Waals surface area contributed by atoms with Crippen LogP contribution in [-0.2, 0) is 28.4 Å². The molecule has 5 rings (SSSR count). The van der Waals surface area contributed by atoms with Crippen LogP contribution in [-0.4, -0.2) is 41.6 Å². The van der Waals surface area contributed by atoms with E-state index in [1.165, 1.54) is 23.4 Å². The van der Waals surface area contributed by atoms with Gasteiger partial charge in [0.05, 0.1) is 11.4 Å². The van der Waals surface area contributed by atoms with Gasteiger partial charge in [0.2, 0.25) is 5.95 Å². The lowest BCUT2D eigenvalue weighted by Gasteiger charge is -2.12. The monoisotopic (exact) mass is 499 g/mol. The maximum atomic E-state index is 12.7. The van der Waals surface area contributed by atoms with E-state index >= 15 is 0 Å². The van der Waals surface area contributed by atoms with Crippen LogP contribution in [0.2, 0.25) is 0 Å². The highest BCUT2D eigenvalue weighted by molar-refractivity contribution is 7.89. The Morgan fingerprint density at radius 3 is 2.33 bits per heavy atom. The van der Waals surface area contributed by atoms with Crippen molar-refractivity contribution in [1.29, 1.82) is 0 Å². The van der Waals surface area contributed by atoms with Gasteiger partial charge in [0, 0.05) is 47.7 Å². The van der Waals surface area contributed by atoms with Crippen LogP contribution in [0.5, 0.6) is 0 Å². The van der Waals surface area contributed by atoms with Crippen molar-refractivity contribution in [3.8, 4) is 11.1 Å². The molecule has 9 heteroatoms. The number of amides is 1. The van der Waals surface area contributed by atoms with Gasteiger partial charge in [0.15, 0.2) is 9.84 Å². The lowest BCUT2D eigenvalue weighted by molar-refractivity contribution is 0.102. The van der Waals surface area contributed by atoms with Crippen LogP contribution in [0.25, 0.3) is 11.1 Å². The summed E-state index contributed by atoms with van der Waals surface area (Å²) in [4.78, 5) is 25.8. The van der Waals surface area contributed by atoms with Crippen molar-refractivity contribution in [1.82, 2.24) is 15.0 Å². The number of carbonyl (C=O) groups is 1. The molecule has 0 saturated heterocycles. The van der Waals surface area contributed by atoms with Gasteiger partial charge < -0.3 is 10.6 Å². The fraction of sp³-hybridized carbons (Fsp3) is 0.185. The maximum Gasteiger partial charge on any atom is 0.255 e. The van der Waals surface area contributed by atoms with E-state index in [0.717, 1.165) is 30.2 Å². The topological polar surface area (TPSA) is 114 Å². The van der Waals surface area contributed by atoms with Crippen LogP contribution in [0.1, 0.15) is 27.2 Å². The number of pyridine rings is 1. The molecule has 0 spiro atoms. The summed E-state index contributed by atoms with van der Waals surface area (Å²) in [7, 11) is -3.25. The molecule has 182 valence electrons. The molecule has 1 aliphatic rings. The van der Waals surface area contributed by atoms with E-state index < -0.39 is 9.84 Å². The molecule has 2 aromatic carbocycles. The molecule has 0 radical (unpaired) electrons. The Hall–Kier alpha value is -4.11. The third-order valence-corrected chi connectivity index (χ3v) is 6.80. The molecule has 0 aliphatic heterocycles. The van der Waals surface area contributed by atoms with Crippen molar-refractivity contribution >= 4 is 27.4 Å². The second kappa shape index (κ2) is 9.87. The lowest BCUT2D eigenvalue weighted by atomic mass is 10.1. The van der Waals surface area contributed by atoms with Crippen LogP contribution in [0, 0.1) is 0 Å². The summed E-state index contributed by atoms with van der Waals surface area (Å²) in [6.45, 7) is 0. The molecule has 0 atom stereocenters. The number of fused-ring (bicyclic) bond motifs is 1. The highest BCUT2D eigenvalue weighted by atomic mass is 32.2. The van der Waals surface area contributed by atoms with Crippen LogP contribution in [0.4, 0.5) is 11.6 Å². The quantitative estimate of drug-likeness (QED) is 0.396. The summed E-state index contributed by atoms with van der Waals surface area (Å²) in [5, 5.41) is 6.28. The van der Waals surface area contributed by atoms with Crippen molar-refractivity contribution in [2.24, 2.45) is 0 Å². The molecule has 4 aromatic rings. The zero-order valence-corrected chi connectivity index (χ0v) is 20.5. The molecule has 0 unspecified atom stereocenters. The predicted octanol–water partition coefficient (Wildman–Crippen LogP) is 3.91. The first kappa shape index (κ1) is 23.6. The number of nitrogens with zero attached hydrogens (tertiary/aromatic N) is 3. The lowest BCUT2D eigenvalue weighted by Crippen LogP contribution is -2.20. The van der Waals surface area contributed by atoms with Crippen molar-refractivity contribution in [2.45, 2.75) is 24.6 Å². The number of sulfone groups is 1. The third-order valence-electron chi connectivity index (χ3n) is 5.98. The number of anilines is 2. The molecule has 8 nitrogen and oxygen atoms in total. The Balaban J connectivity index is 1.24. The molecule has 0 bridgehead atoms. The molecule has 2 heterocycles. The zero-order valence-electron chi connectivity index (χ0n) is 19.7. The van der Waals surface area contributed by atoms with Crippen LogP contribution < -0.4 is 10.6 Å². The number of hydrogen-bond acceptors (Lipinski definition) is 7. The summed E-state index contributed by atoms with van der Waals surface area (Å²) in [6.07, 6.45) is 8.00. The minimum absolute atomic E-state index is 0.220. The molecule has 0 saturated carbocycles. The number of aromatic nitrogens is 3. The van der Waals surface area contributed by atoms with Gasteiger partial charge in [-0.2, -0.15) is 0 Å². The first-order chi connectivity index (χ1) is 17.3. The van der Waals surface area contributed by atoms with Crippen LogP contribution in [0.3, 0.4) is 0 Å². The molecule has 36 heavy (non-hydrogen) atoms. The number of nitrogens with one attached hydrogen (secondary N) is 2. The second-order valence-electron chi connectivity index (χ2n) is 8.95. The van der Waals surface area contributed by atoms with Crippen molar-refractivity contribution in [3.05, 3.63) is 102 Å². The highest BCUT2D eigenvalue weighted by Gasteiger charge is 2.21. The van der Waals surface area contributed by atoms with E-state index in [4.69, 9.17) is 0 Å². The average molecular weight is 500 g/mol. The number of hydrogen-bond donors (Lipinski definition) is 2. The Bertz CT molecular complexity index is 1500. The Kier molecular flexibility index (Phi) is 6.47. The minimum Gasteiger partial charge on any atom is -0.351 e. The predicted molar refractivity (Wildman–Crippen MR) is 139 cm³/mol. The maximum absolute atomic E-state index is 12.7. The molecule has 0 fully saturated rings. The van der Waals surface area contributed by atoms with Gasteiger partial charge in [-0.3, -0.25) is 9.78 Å². The fourth-order valence-electron chi connectivity index (χ4n) is 4.34. The smallest absolute Gasteiger partial charge is 0.255 e. The summed E-state index contributed by atoms with van der Waals surface area (Å²) >= 11 is 0. The van der Waals surface area contributed by atoms with E-state index in [1.807, 2.05) is 18.2 Å². The molecular formula is C27H25N5O3S. The summed E-state index contributed by atoms with van der Waals surface area (Å²) in [5.74, 6) is 0.0172. The average Bonchev–Trinajstić information content (AvgIpc) is 3.26. The summed E-state index contributed by atoms with van der Waals surface area (Å²) in [6, 6.07) is 19.2. The first-order valence-electron chi connectivity index (χ1n) is 11.5. The van der Waals surface area contributed by atoms with Gasteiger partial charge in [0.25, 0.3) is 5.91 Å². The van der Waals surface area contributed by atoms with Crippen LogP contribution >= 0.6 is 0 Å². The normalized spacial score (nSPS) is 13.2. The largest absolute Gasteiger partial charge is 0.351 e. The van der Waals surface area contributed by atoms with Gasteiger partial charge >= 0.3 is 0 Å². The van der Waals surface area contributed by atoms with E-state index in [9.17, 15) is 13.2 Å². The Morgan fingerprint density at radius 2 is 1.64 bits per heavy atom. The van der Waals surface area contributed by atoms with Gasteiger partial charge in [-0.1, -0.05) is 36.4 Å². The molecule has 1 aliphatic carbocycles. The minimum atomic E-state index is -3.25. The Morgan fingerprint density at radius 1 is 0.917 bits per heavy atom. The fourth-order valence-corrected chi connectivity index (χ4v) is 5.04. The van der Waals surface area contributed by atoms with Crippen LogP contribution in [0.15, 0.2) is 79.3 Å². The third kappa shape index (κ3) is 5.75. The number of carbonyl (C=O) groups excluding carboxylic acids is 1. The Labute approximate surface area is 209 Å². The van der Waals surface area contributed by atoms with Crippen molar-refractivity contribution < 1.29 is 13.2 Å². The van der Waals surface area contributed by atoms with Gasteiger partial charge in [-0.25, -0.2) is 18.4 Å². The molecular weight excluding hydrogens is 474 g/mol. The van der Waals surface area contributed by atoms with E-state index in [0.29, 0.717) is 22.9 Å². The summed E-state index contributed by atoms with van der Waals surface area (Å²) < 4.78 is 23.1. The first-order valence-corrected chi connectivity index (χ1v) is 13.6. The van der Waals surface area contributed by atoms with E-state index in [-0.39, 0.29) is 17.7 Å². The van der Waals surface area contributed by atoms with Gasteiger partial charge in [-0.05, 0) is 53.8 Å². The second-order valence-corrected chi connectivity index (χ2v) is 11.1. The SMILES string of the molecule is CS(=O)(=O)Cc1cc(C(=O)Nc2cccc(-c3cnc(NC4Cc5ccccc5C4)nc3)c2)ccn1. The zero-order chi connectivity index (χ0) is 25.1. The molecule has 1 amide bonds. The number of benzene rings is 2. The molecule has 2 aromatic heterocycles. The van der Waals surface area contributed by atoms with E-state index in [2.05, 4.69) is 49.9 Å². The van der Waals surface area contributed by atoms with Crippen molar-refractivity contribution in [2.75, 3.05) is 16.9 Å². The van der Waals surface area contributed by atoms with Crippen molar-refractivity contribution in [3.63, 3.8) is 0 Å². The van der Waals surface area contributed by atoms with Gasteiger partial charge in [0.1, 0.15) is 0 Å². The van der Waals surface area contributed by atoms with Gasteiger partial charge in [-0.15, -0.1) is 0 Å².